The zero-order valence-electron chi connectivity index (χ0n) is 20.5. The van der Waals surface area contributed by atoms with E-state index < -0.39 is 17.5 Å². The number of para-hydroxylation sites is 1. The summed E-state index contributed by atoms with van der Waals surface area (Å²) in [5.41, 5.74) is 0.799. The molecule has 1 aliphatic heterocycles. The topological polar surface area (TPSA) is 96.9 Å². The van der Waals surface area contributed by atoms with E-state index >= 15 is 0 Å². The number of piperidine rings is 1. The molecular formula is C27H35N3O5. The van der Waals surface area contributed by atoms with Crippen LogP contribution in [0.25, 0.3) is 11.1 Å². The Morgan fingerprint density at radius 2 is 2.00 bits per heavy atom. The summed E-state index contributed by atoms with van der Waals surface area (Å²) in [5, 5.41) is 14.4. The first-order chi connectivity index (χ1) is 16.9. The van der Waals surface area contributed by atoms with Crippen molar-refractivity contribution < 1.29 is 19.1 Å². The van der Waals surface area contributed by atoms with Crippen molar-refractivity contribution in [3.63, 3.8) is 0 Å². The number of hydrogen-bond donors (Lipinski definition) is 2. The second kappa shape index (κ2) is 11.1. The van der Waals surface area contributed by atoms with Crippen LogP contribution in [0.2, 0.25) is 0 Å². The molecule has 8 nitrogen and oxygen atoms in total. The summed E-state index contributed by atoms with van der Waals surface area (Å²) in [7, 11) is 0. The van der Waals surface area contributed by atoms with Gasteiger partial charge in [-0.3, -0.25) is 14.3 Å². The van der Waals surface area contributed by atoms with E-state index in [1.165, 1.54) is 0 Å². The molecule has 1 fully saturated rings. The first-order valence-corrected chi connectivity index (χ1v) is 12.5. The summed E-state index contributed by atoms with van der Waals surface area (Å²) in [5.74, 6) is 0.137. The first kappa shape index (κ1) is 25.0. The number of amides is 1. The Hall–Kier alpha value is -3.10. The number of fused-ring (bicyclic) bond motifs is 1. The van der Waals surface area contributed by atoms with Gasteiger partial charge in [0, 0.05) is 31.4 Å². The number of rotatable bonds is 10. The Balaban J connectivity index is 1.41. The van der Waals surface area contributed by atoms with Crippen LogP contribution < -0.4 is 15.8 Å². The molecule has 2 atom stereocenters. The highest BCUT2D eigenvalue weighted by atomic mass is 16.5. The predicted octanol–water partition coefficient (Wildman–Crippen LogP) is 4.02. The van der Waals surface area contributed by atoms with Gasteiger partial charge in [-0.25, -0.2) is 4.79 Å². The number of aromatic nitrogens is 1. The van der Waals surface area contributed by atoms with Gasteiger partial charge in [-0.05, 0) is 44.0 Å². The monoisotopic (exact) mass is 481 g/mol. The highest BCUT2D eigenvalue weighted by molar-refractivity contribution is 5.94. The first-order valence-electron chi connectivity index (χ1n) is 12.5. The van der Waals surface area contributed by atoms with Crippen molar-refractivity contribution in [3.05, 3.63) is 59.1 Å². The molecule has 0 radical (unpaired) electrons. The van der Waals surface area contributed by atoms with Crippen molar-refractivity contribution in [2.75, 3.05) is 25.0 Å². The van der Waals surface area contributed by atoms with Gasteiger partial charge in [0.15, 0.2) is 5.58 Å². The van der Waals surface area contributed by atoms with Crippen LogP contribution in [0.5, 0.6) is 5.75 Å². The molecule has 0 aliphatic carbocycles. The van der Waals surface area contributed by atoms with Crippen LogP contribution in [-0.2, 0) is 11.3 Å². The predicted molar refractivity (Wildman–Crippen MR) is 136 cm³/mol. The van der Waals surface area contributed by atoms with Gasteiger partial charge in [0.2, 0.25) is 5.91 Å². The van der Waals surface area contributed by atoms with E-state index in [-0.39, 0.29) is 12.5 Å². The molecule has 8 heteroatoms. The van der Waals surface area contributed by atoms with Crippen molar-refractivity contribution in [1.82, 2.24) is 9.47 Å². The molecule has 0 saturated carbocycles. The average molecular weight is 482 g/mol. The highest BCUT2D eigenvalue weighted by Crippen LogP contribution is 2.31. The number of nitrogens with zero attached hydrogens (tertiary/aromatic N) is 2. The summed E-state index contributed by atoms with van der Waals surface area (Å²) in [6.07, 6.45) is 3.90. The fraction of sp³-hybridized carbons (Fsp3) is 0.481. The summed E-state index contributed by atoms with van der Waals surface area (Å²) < 4.78 is 13.1. The summed E-state index contributed by atoms with van der Waals surface area (Å²) in [4.78, 5) is 26.8. The third kappa shape index (κ3) is 5.94. The van der Waals surface area contributed by atoms with Crippen LogP contribution in [0.15, 0.2) is 57.7 Å². The van der Waals surface area contributed by atoms with Crippen LogP contribution in [-0.4, -0.2) is 51.8 Å². The summed E-state index contributed by atoms with van der Waals surface area (Å²) >= 11 is 0. The van der Waals surface area contributed by atoms with Gasteiger partial charge in [0.05, 0.1) is 12.1 Å². The number of anilines is 1. The van der Waals surface area contributed by atoms with Gasteiger partial charge in [0.1, 0.15) is 17.5 Å². The number of ether oxygens (including phenoxy) is 1. The number of aliphatic hydroxyl groups is 1. The molecule has 1 aromatic heterocycles. The van der Waals surface area contributed by atoms with Crippen molar-refractivity contribution in [1.29, 1.82) is 0 Å². The van der Waals surface area contributed by atoms with Gasteiger partial charge in [-0.15, -0.1) is 0 Å². The second-order valence-electron chi connectivity index (χ2n) is 9.31. The van der Waals surface area contributed by atoms with Crippen molar-refractivity contribution in [2.24, 2.45) is 0 Å². The van der Waals surface area contributed by atoms with Gasteiger partial charge in [-0.1, -0.05) is 44.4 Å². The molecule has 1 aliphatic rings. The van der Waals surface area contributed by atoms with Crippen LogP contribution >= 0.6 is 0 Å². The zero-order valence-corrected chi connectivity index (χ0v) is 20.5. The minimum atomic E-state index is -0.924. The van der Waals surface area contributed by atoms with Crippen molar-refractivity contribution in [2.45, 2.75) is 64.2 Å². The SMILES string of the molecule is CCCCC[C@]1(O)CCN(CC(=O)Nc2ccc3c(c2)oc(=O)n3CC)C[C@@H]1Oc1ccccc1. The molecule has 4 rings (SSSR count). The van der Waals surface area contributed by atoms with Crippen LogP contribution in [0.1, 0.15) is 46.0 Å². The van der Waals surface area contributed by atoms with Gasteiger partial charge in [0.25, 0.3) is 0 Å². The molecule has 2 heterocycles. The number of oxazole rings is 1. The second-order valence-corrected chi connectivity index (χ2v) is 9.31. The Bertz CT molecular complexity index is 1190. The molecule has 0 bridgehead atoms. The number of hydrogen-bond acceptors (Lipinski definition) is 6. The van der Waals surface area contributed by atoms with Gasteiger partial charge >= 0.3 is 5.76 Å². The third-order valence-corrected chi connectivity index (χ3v) is 6.75. The van der Waals surface area contributed by atoms with E-state index in [9.17, 15) is 14.7 Å². The molecule has 35 heavy (non-hydrogen) atoms. The molecule has 0 spiro atoms. The van der Waals surface area contributed by atoms with E-state index in [0.29, 0.717) is 55.0 Å². The number of unbranched alkanes of at least 4 members (excludes halogenated alkanes) is 2. The van der Waals surface area contributed by atoms with E-state index in [0.717, 1.165) is 19.3 Å². The van der Waals surface area contributed by atoms with E-state index in [1.807, 2.05) is 42.2 Å². The lowest BCUT2D eigenvalue weighted by Crippen LogP contribution is -2.58. The standard InChI is InChI=1S/C27H35N3O5/c1-3-5-9-14-27(33)15-16-29(18-24(27)34-21-10-7-6-8-11-21)19-25(31)28-20-12-13-22-23(17-20)35-26(32)30(22)4-2/h6-8,10-13,17,24,33H,3-5,9,14-16,18-19H2,1-2H3,(H,28,31)/t24-,27-/m0/s1. The minimum Gasteiger partial charge on any atom is -0.486 e. The number of benzene rings is 2. The number of carbonyl (C=O) groups excluding carboxylic acids is 1. The maximum Gasteiger partial charge on any atom is 0.419 e. The molecule has 1 amide bonds. The fourth-order valence-corrected chi connectivity index (χ4v) is 4.78. The smallest absolute Gasteiger partial charge is 0.419 e. The van der Waals surface area contributed by atoms with Gasteiger partial charge < -0.3 is 19.6 Å². The van der Waals surface area contributed by atoms with E-state index in [2.05, 4.69) is 12.2 Å². The largest absolute Gasteiger partial charge is 0.486 e. The summed E-state index contributed by atoms with van der Waals surface area (Å²) in [6.45, 7) is 5.79. The number of aryl methyl sites for hydroxylation is 1. The molecule has 2 aromatic carbocycles. The number of carbonyl (C=O) groups is 1. The third-order valence-electron chi connectivity index (χ3n) is 6.75. The molecule has 3 aromatic rings. The normalized spacial score (nSPS) is 20.7. The minimum absolute atomic E-state index is 0.170. The zero-order chi connectivity index (χ0) is 24.8. The Morgan fingerprint density at radius 3 is 2.74 bits per heavy atom. The molecular weight excluding hydrogens is 446 g/mol. The quantitative estimate of drug-likeness (QED) is 0.425. The van der Waals surface area contributed by atoms with E-state index in [1.54, 1.807) is 22.8 Å². The summed E-state index contributed by atoms with van der Waals surface area (Å²) in [6, 6.07) is 14.7. The lowest BCUT2D eigenvalue weighted by molar-refractivity contribution is -0.127. The number of nitrogens with one attached hydrogen (secondary N) is 1. The molecule has 188 valence electrons. The fourth-order valence-electron chi connectivity index (χ4n) is 4.78. The van der Waals surface area contributed by atoms with E-state index in [4.69, 9.17) is 9.15 Å². The maximum absolute atomic E-state index is 12.8. The lowest BCUT2D eigenvalue weighted by Gasteiger charge is -2.44. The van der Waals surface area contributed by atoms with Crippen LogP contribution in [0.3, 0.4) is 0 Å². The molecule has 0 unspecified atom stereocenters. The van der Waals surface area contributed by atoms with Crippen LogP contribution in [0, 0.1) is 0 Å². The average Bonchev–Trinajstić information content (AvgIpc) is 3.16. The highest BCUT2D eigenvalue weighted by Gasteiger charge is 2.43. The Labute approximate surface area is 205 Å². The Kier molecular flexibility index (Phi) is 7.93. The molecule has 2 N–H and O–H groups in total. The van der Waals surface area contributed by atoms with Crippen molar-refractivity contribution >= 4 is 22.7 Å². The lowest BCUT2D eigenvalue weighted by atomic mass is 9.83. The van der Waals surface area contributed by atoms with Gasteiger partial charge in [-0.2, -0.15) is 0 Å². The number of likely N-dealkylation sites (tertiary alicyclic amines) is 1. The van der Waals surface area contributed by atoms with Crippen molar-refractivity contribution in [3.8, 4) is 5.75 Å². The maximum atomic E-state index is 12.8. The molecule has 1 saturated heterocycles. The Morgan fingerprint density at radius 1 is 1.20 bits per heavy atom. The van der Waals surface area contributed by atoms with Crippen LogP contribution in [0.4, 0.5) is 5.69 Å².